The molecule has 0 aliphatic heterocycles. The molecule has 1 atom stereocenters. The Balaban J connectivity index is 2.39. The van der Waals surface area contributed by atoms with Crippen molar-refractivity contribution in [2.24, 2.45) is 0 Å². The molecule has 1 aromatic rings. The van der Waals surface area contributed by atoms with Crippen molar-refractivity contribution >= 4 is 40.0 Å². The number of anilines is 1. The lowest BCUT2D eigenvalue weighted by Crippen LogP contribution is -2.16. The minimum Gasteiger partial charge on any atom is -0.481 e. The number of thioether (sulfide) groups is 1. The minimum absolute atomic E-state index is 0.0282. The van der Waals surface area contributed by atoms with Crippen molar-refractivity contribution in [3.8, 4) is 6.07 Å². The van der Waals surface area contributed by atoms with E-state index in [0.717, 1.165) is 0 Å². The van der Waals surface area contributed by atoms with E-state index in [1.165, 1.54) is 23.1 Å². The molecule has 1 aromatic heterocycles. The molecule has 0 saturated heterocycles. The van der Waals surface area contributed by atoms with Gasteiger partial charge in [0.2, 0.25) is 5.91 Å². The summed E-state index contributed by atoms with van der Waals surface area (Å²) >= 11 is 2.57. The monoisotopic (exact) mass is 284 g/mol. The van der Waals surface area contributed by atoms with Crippen molar-refractivity contribution < 1.29 is 14.7 Å². The van der Waals surface area contributed by atoms with Crippen LogP contribution in [0.5, 0.6) is 0 Å². The third-order valence-electron chi connectivity index (χ3n) is 2.00. The summed E-state index contributed by atoms with van der Waals surface area (Å²) in [7, 11) is 0. The summed E-state index contributed by atoms with van der Waals surface area (Å²) in [5.41, 5.74) is 0.442. The predicted octanol–water partition coefficient (Wildman–Crippen LogP) is 2.15. The van der Waals surface area contributed by atoms with E-state index in [1.54, 1.807) is 18.4 Å². The van der Waals surface area contributed by atoms with Crippen molar-refractivity contribution in [1.29, 1.82) is 5.26 Å². The highest BCUT2D eigenvalue weighted by molar-refractivity contribution is 8.00. The van der Waals surface area contributed by atoms with Gasteiger partial charge < -0.3 is 10.4 Å². The average Bonchev–Trinajstić information content (AvgIpc) is 2.72. The molecule has 5 nitrogen and oxygen atoms in total. The van der Waals surface area contributed by atoms with Gasteiger partial charge in [-0.2, -0.15) is 5.26 Å². The van der Waals surface area contributed by atoms with Gasteiger partial charge in [0.25, 0.3) is 0 Å². The second-order valence-electron chi connectivity index (χ2n) is 3.54. The molecule has 1 amide bonds. The summed E-state index contributed by atoms with van der Waals surface area (Å²) in [5.74, 6) is -0.923. The number of aliphatic carboxylic acids is 1. The molecule has 0 aromatic carbocycles. The van der Waals surface area contributed by atoms with Crippen LogP contribution in [0.3, 0.4) is 0 Å². The molecule has 0 fully saturated rings. The number of carbonyl (C=O) groups is 2. The molecule has 0 aliphatic carbocycles. The lowest BCUT2D eigenvalue weighted by molar-refractivity contribution is -0.136. The van der Waals surface area contributed by atoms with Crippen molar-refractivity contribution in [3.05, 3.63) is 17.0 Å². The highest BCUT2D eigenvalue weighted by atomic mass is 32.2. The van der Waals surface area contributed by atoms with Gasteiger partial charge in [0, 0.05) is 5.25 Å². The van der Waals surface area contributed by atoms with Crippen LogP contribution >= 0.6 is 23.1 Å². The number of hydrogen-bond acceptors (Lipinski definition) is 5. The quantitative estimate of drug-likeness (QED) is 0.835. The standard InChI is InChI=1S/C11H12N2O3S2/c1-7(4-10(15)16)18-6-9(14)13-11-8(5-12)2-3-17-11/h2-3,7H,4,6H2,1H3,(H,13,14)(H,15,16). The summed E-state index contributed by atoms with van der Waals surface area (Å²) in [6.45, 7) is 1.76. The molecule has 18 heavy (non-hydrogen) atoms. The van der Waals surface area contributed by atoms with Crippen LogP contribution in [0.1, 0.15) is 18.9 Å². The highest BCUT2D eigenvalue weighted by Gasteiger charge is 2.12. The zero-order chi connectivity index (χ0) is 13.5. The number of amides is 1. The van der Waals surface area contributed by atoms with Crippen LogP contribution in [0, 0.1) is 11.3 Å². The third kappa shape index (κ3) is 4.77. The van der Waals surface area contributed by atoms with Crippen molar-refractivity contribution in [2.75, 3.05) is 11.1 Å². The zero-order valence-corrected chi connectivity index (χ0v) is 11.3. The molecule has 0 aliphatic rings. The number of thiophene rings is 1. The van der Waals surface area contributed by atoms with E-state index >= 15 is 0 Å². The lowest BCUT2D eigenvalue weighted by Gasteiger charge is -2.08. The molecule has 7 heteroatoms. The van der Waals surface area contributed by atoms with E-state index in [0.29, 0.717) is 10.6 Å². The van der Waals surface area contributed by atoms with Gasteiger partial charge >= 0.3 is 5.97 Å². The third-order valence-corrected chi connectivity index (χ3v) is 3.99. The van der Waals surface area contributed by atoms with Crippen LogP contribution in [0.25, 0.3) is 0 Å². The molecule has 0 bridgehead atoms. The Labute approximate surface area is 113 Å². The van der Waals surface area contributed by atoms with Gasteiger partial charge in [-0.15, -0.1) is 23.1 Å². The largest absolute Gasteiger partial charge is 0.481 e. The smallest absolute Gasteiger partial charge is 0.304 e. The Morgan fingerprint density at radius 1 is 1.67 bits per heavy atom. The molecule has 1 unspecified atom stereocenters. The second-order valence-corrected chi connectivity index (χ2v) is 5.89. The van der Waals surface area contributed by atoms with Crippen molar-refractivity contribution in [2.45, 2.75) is 18.6 Å². The van der Waals surface area contributed by atoms with Gasteiger partial charge in [0.15, 0.2) is 0 Å². The van der Waals surface area contributed by atoms with E-state index in [2.05, 4.69) is 5.32 Å². The molecule has 0 spiro atoms. The van der Waals surface area contributed by atoms with Crippen LogP contribution in [0.4, 0.5) is 5.00 Å². The van der Waals surface area contributed by atoms with Crippen LogP contribution in [0.15, 0.2) is 11.4 Å². The number of carbonyl (C=O) groups excluding carboxylic acids is 1. The summed E-state index contributed by atoms with van der Waals surface area (Å²) in [6, 6.07) is 3.62. The van der Waals surface area contributed by atoms with E-state index in [9.17, 15) is 9.59 Å². The summed E-state index contributed by atoms with van der Waals surface area (Å²) < 4.78 is 0. The fourth-order valence-electron chi connectivity index (χ4n) is 1.18. The van der Waals surface area contributed by atoms with E-state index in [1.807, 2.05) is 6.07 Å². The Hall–Kier alpha value is -1.52. The molecule has 0 saturated carbocycles. The Kier molecular flexibility index (Phi) is 5.68. The van der Waals surface area contributed by atoms with Gasteiger partial charge in [0.05, 0.1) is 17.7 Å². The lowest BCUT2D eigenvalue weighted by atomic mass is 10.3. The van der Waals surface area contributed by atoms with Crippen LogP contribution in [-0.2, 0) is 9.59 Å². The van der Waals surface area contributed by atoms with Crippen LogP contribution < -0.4 is 5.32 Å². The van der Waals surface area contributed by atoms with Crippen LogP contribution in [0.2, 0.25) is 0 Å². The Morgan fingerprint density at radius 2 is 2.39 bits per heavy atom. The van der Waals surface area contributed by atoms with E-state index in [-0.39, 0.29) is 23.3 Å². The molecule has 0 radical (unpaired) electrons. The van der Waals surface area contributed by atoms with E-state index < -0.39 is 5.97 Å². The number of hydrogen-bond donors (Lipinski definition) is 2. The molecule has 1 rings (SSSR count). The maximum Gasteiger partial charge on any atom is 0.304 e. The molecule has 2 N–H and O–H groups in total. The predicted molar refractivity (Wildman–Crippen MR) is 71.8 cm³/mol. The first-order valence-electron chi connectivity index (χ1n) is 5.13. The number of nitrogens with one attached hydrogen (secondary N) is 1. The van der Waals surface area contributed by atoms with Gasteiger partial charge in [0.1, 0.15) is 11.1 Å². The number of carboxylic acid groups (broad SMARTS) is 1. The maximum absolute atomic E-state index is 11.6. The molecule has 1 heterocycles. The summed E-state index contributed by atoms with van der Waals surface area (Å²) in [5, 5.41) is 22.1. The fourth-order valence-corrected chi connectivity index (χ4v) is 2.70. The number of nitrogens with zero attached hydrogens (tertiary/aromatic N) is 1. The molecule has 96 valence electrons. The first-order chi connectivity index (χ1) is 8.52. The first-order valence-corrected chi connectivity index (χ1v) is 7.06. The highest BCUT2D eigenvalue weighted by Crippen LogP contribution is 2.22. The molecular weight excluding hydrogens is 272 g/mol. The number of nitriles is 1. The topological polar surface area (TPSA) is 90.2 Å². The maximum atomic E-state index is 11.6. The SMILES string of the molecule is CC(CC(=O)O)SCC(=O)Nc1sccc1C#N. The number of rotatable bonds is 6. The summed E-state index contributed by atoms with van der Waals surface area (Å²) in [6.07, 6.45) is 0.0282. The van der Waals surface area contributed by atoms with Crippen LogP contribution in [-0.4, -0.2) is 28.0 Å². The summed E-state index contributed by atoms with van der Waals surface area (Å²) in [4.78, 5) is 22.0. The van der Waals surface area contributed by atoms with Gasteiger partial charge in [-0.05, 0) is 11.4 Å². The first kappa shape index (κ1) is 14.5. The molecular formula is C11H12N2O3S2. The van der Waals surface area contributed by atoms with E-state index in [4.69, 9.17) is 10.4 Å². The normalized spacial score (nSPS) is 11.6. The fraction of sp³-hybridized carbons (Fsp3) is 0.364. The Bertz CT molecular complexity index is 479. The van der Waals surface area contributed by atoms with Gasteiger partial charge in [-0.1, -0.05) is 6.92 Å². The minimum atomic E-state index is -0.875. The zero-order valence-electron chi connectivity index (χ0n) is 9.67. The van der Waals surface area contributed by atoms with Gasteiger partial charge in [-0.3, -0.25) is 9.59 Å². The second kappa shape index (κ2) is 7.03. The van der Waals surface area contributed by atoms with Crippen molar-refractivity contribution in [3.63, 3.8) is 0 Å². The van der Waals surface area contributed by atoms with Gasteiger partial charge in [-0.25, -0.2) is 0 Å². The average molecular weight is 284 g/mol. The number of carboxylic acids is 1. The Morgan fingerprint density at radius 3 is 3.00 bits per heavy atom. The van der Waals surface area contributed by atoms with Crippen molar-refractivity contribution in [1.82, 2.24) is 0 Å².